The molecule has 0 radical (unpaired) electrons. The lowest BCUT2D eigenvalue weighted by Gasteiger charge is -2.23. The third-order valence-electron chi connectivity index (χ3n) is 3.35. The molecule has 3 heteroatoms. The summed E-state index contributed by atoms with van der Waals surface area (Å²) in [5.41, 5.74) is 0.944. The van der Waals surface area contributed by atoms with Crippen molar-refractivity contribution in [1.82, 2.24) is 9.55 Å². The molecule has 0 unspecified atom stereocenters. The van der Waals surface area contributed by atoms with Crippen molar-refractivity contribution in [3.8, 4) is 0 Å². The standard InChI is InChI=1S/C13H14N2O/c1-9-5-4-8-15-12(9)14-11-7-3-2-6-10(11)13(15)16/h2-3,6-7,9H,4-5,8H2,1H3/t9-/m1/s1. The molecule has 0 bridgehead atoms. The molecule has 82 valence electrons. The molecule has 1 atom stereocenters. The molecule has 1 aromatic carbocycles. The number of para-hydroxylation sites is 1. The molecule has 1 aromatic heterocycles. The first-order valence-corrected chi connectivity index (χ1v) is 5.77. The van der Waals surface area contributed by atoms with Crippen LogP contribution in [-0.2, 0) is 6.54 Å². The van der Waals surface area contributed by atoms with Gasteiger partial charge in [-0.05, 0) is 25.0 Å². The third-order valence-corrected chi connectivity index (χ3v) is 3.35. The minimum absolute atomic E-state index is 0.118. The second kappa shape index (κ2) is 3.44. The Balaban J connectivity index is 2.41. The molecule has 0 amide bonds. The maximum absolute atomic E-state index is 12.2. The highest BCUT2D eigenvalue weighted by Gasteiger charge is 2.19. The van der Waals surface area contributed by atoms with Crippen LogP contribution in [0.1, 0.15) is 31.5 Å². The van der Waals surface area contributed by atoms with E-state index in [9.17, 15) is 4.79 Å². The van der Waals surface area contributed by atoms with Gasteiger partial charge < -0.3 is 0 Å². The molecule has 0 aliphatic carbocycles. The molecule has 0 saturated carbocycles. The first kappa shape index (κ1) is 9.58. The van der Waals surface area contributed by atoms with Gasteiger partial charge in [-0.15, -0.1) is 0 Å². The van der Waals surface area contributed by atoms with Gasteiger partial charge in [0.2, 0.25) is 0 Å². The van der Waals surface area contributed by atoms with Crippen LogP contribution in [0.2, 0.25) is 0 Å². The van der Waals surface area contributed by atoms with Crippen LogP contribution >= 0.6 is 0 Å². The normalized spacial score (nSPS) is 19.7. The molecule has 0 fully saturated rings. The maximum atomic E-state index is 12.2. The third kappa shape index (κ3) is 1.28. The van der Waals surface area contributed by atoms with Gasteiger partial charge in [0.25, 0.3) is 5.56 Å². The van der Waals surface area contributed by atoms with Crippen molar-refractivity contribution in [1.29, 1.82) is 0 Å². The highest BCUT2D eigenvalue weighted by molar-refractivity contribution is 5.77. The van der Waals surface area contributed by atoms with E-state index in [0.29, 0.717) is 5.92 Å². The molecule has 1 aliphatic heterocycles. The number of aromatic nitrogens is 2. The summed E-state index contributed by atoms with van der Waals surface area (Å²) in [6, 6.07) is 7.60. The molecule has 16 heavy (non-hydrogen) atoms. The van der Waals surface area contributed by atoms with Gasteiger partial charge >= 0.3 is 0 Å². The van der Waals surface area contributed by atoms with Crippen molar-refractivity contribution in [3.05, 3.63) is 40.4 Å². The number of hydrogen-bond acceptors (Lipinski definition) is 2. The van der Waals surface area contributed by atoms with Gasteiger partial charge in [0, 0.05) is 12.5 Å². The van der Waals surface area contributed by atoms with E-state index >= 15 is 0 Å². The van der Waals surface area contributed by atoms with Gasteiger partial charge in [0.05, 0.1) is 10.9 Å². The predicted molar refractivity (Wildman–Crippen MR) is 63.7 cm³/mol. The SMILES string of the molecule is C[C@@H]1CCCn2c1nc1ccccc1c2=O. The monoisotopic (exact) mass is 214 g/mol. The Morgan fingerprint density at radius 3 is 3.06 bits per heavy atom. The number of benzene rings is 1. The molecule has 2 aromatic rings. The molecule has 0 saturated heterocycles. The lowest BCUT2D eigenvalue weighted by molar-refractivity contribution is 0.446. The molecule has 3 nitrogen and oxygen atoms in total. The van der Waals surface area contributed by atoms with Crippen LogP contribution in [0.4, 0.5) is 0 Å². The number of hydrogen-bond donors (Lipinski definition) is 0. The molecule has 1 aliphatic rings. The van der Waals surface area contributed by atoms with Crippen molar-refractivity contribution >= 4 is 10.9 Å². The van der Waals surface area contributed by atoms with Crippen molar-refractivity contribution < 1.29 is 0 Å². The Bertz CT molecular complexity index is 600. The second-order valence-corrected chi connectivity index (χ2v) is 4.49. The van der Waals surface area contributed by atoms with Crippen LogP contribution in [0.5, 0.6) is 0 Å². The molecule has 3 rings (SSSR count). The first-order valence-electron chi connectivity index (χ1n) is 5.77. The average Bonchev–Trinajstić information content (AvgIpc) is 2.31. The van der Waals surface area contributed by atoms with E-state index in [1.165, 1.54) is 0 Å². The van der Waals surface area contributed by atoms with Crippen LogP contribution in [0, 0.1) is 0 Å². The van der Waals surface area contributed by atoms with Gasteiger partial charge in [-0.25, -0.2) is 4.98 Å². The fourth-order valence-corrected chi connectivity index (χ4v) is 2.46. The number of rotatable bonds is 0. The molecule has 0 N–H and O–H groups in total. The first-order chi connectivity index (χ1) is 7.77. The topological polar surface area (TPSA) is 34.9 Å². The molecular weight excluding hydrogens is 200 g/mol. The minimum Gasteiger partial charge on any atom is -0.296 e. The number of fused-ring (bicyclic) bond motifs is 2. The summed E-state index contributed by atoms with van der Waals surface area (Å²) in [5.74, 6) is 1.35. The van der Waals surface area contributed by atoms with E-state index in [2.05, 4.69) is 11.9 Å². The summed E-state index contributed by atoms with van der Waals surface area (Å²) in [5, 5.41) is 0.736. The highest BCUT2D eigenvalue weighted by Crippen LogP contribution is 2.24. The van der Waals surface area contributed by atoms with E-state index in [1.807, 2.05) is 28.8 Å². The van der Waals surface area contributed by atoms with Crippen LogP contribution < -0.4 is 5.56 Å². The molecular formula is C13H14N2O. The van der Waals surface area contributed by atoms with Gasteiger partial charge in [-0.2, -0.15) is 0 Å². The summed E-state index contributed by atoms with van der Waals surface area (Å²) in [6.07, 6.45) is 2.21. The zero-order chi connectivity index (χ0) is 11.1. The van der Waals surface area contributed by atoms with Gasteiger partial charge in [0.1, 0.15) is 5.82 Å². The summed E-state index contributed by atoms with van der Waals surface area (Å²) < 4.78 is 1.84. The fraction of sp³-hybridized carbons (Fsp3) is 0.385. The summed E-state index contributed by atoms with van der Waals surface area (Å²) >= 11 is 0. The van der Waals surface area contributed by atoms with E-state index in [0.717, 1.165) is 36.1 Å². The van der Waals surface area contributed by atoms with E-state index in [1.54, 1.807) is 0 Å². The Hall–Kier alpha value is -1.64. The fourth-order valence-electron chi connectivity index (χ4n) is 2.46. The van der Waals surface area contributed by atoms with Crippen molar-refractivity contribution in [2.75, 3.05) is 0 Å². The summed E-state index contributed by atoms with van der Waals surface area (Å²) in [4.78, 5) is 16.9. The quantitative estimate of drug-likeness (QED) is 0.674. The van der Waals surface area contributed by atoms with Crippen molar-refractivity contribution in [3.63, 3.8) is 0 Å². The second-order valence-electron chi connectivity index (χ2n) is 4.49. The lowest BCUT2D eigenvalue weighted by atomic mass is 10.0. The van der Waals surface area contributed by atoms with Crippen LogP contribution in [0.25, 0.3) is 10.9 Å². The average molecular weight is 214 g/mol. The molecule has 0 spiro atoms. The maximum Gasteiger partial charge on any atom is 0.261 e. The Kier molecular flexibility index (Phi) is 2.06. The predicted octanol–water partition coefficient (Wildman–Crippen LogP) is 2.29. The minimum atomic E-state index is 0.118. The van der Waals surface area contributed by atoms with Crippen molar-refractivity contribution in [2.45, 2.75) is 32.2 Å². The Morgan fingerprint density at radius 2 is 2.19 bits per heavy atom. The largest absolute Gasteiger partial charge is 0.296 e. The van der Waals surface area contributed by atoms with Crippen LogP contribution in [0.15, 0.2) is 29.1 Å². The smallest absolute Gasteiger partial charge is 0.261 e. The van der Waals surface area contributed by atoms with E-state index in [-0.39, 0.29) is 5.56 Å². The summed E-state index contributed by atoms with van der Waals surface area (Å²) in [6.45, 7) is 2.96. The van der Waals surface area contributed by atoms with Gasteiger partial charge in [-0.1, -0.05) is 19.1 Å². The highest BCUT2D eigenvalue weighted by atomic mass is 16.1. The van der Waals surface area contributed by atoms with E-state index in [4.69, 9.17) is 0 Å². The van der Waals surface area contributed by atoms with Crippen LogP contribution in [-0.4, -0.2) is 9.55 Å². The van der Waals surface area contributed by atoms with Gasteiger partial charge in [0.15, 0.2) is 0 Å². The van der Waals surface area contributed by atoms with Crippen LogP contribution in [0.3, 0.4) is 0 Å². The number of nitrogens with zero attached hydrogens (tertiary/aromatic N) is 2. The summed E-state index contributed by atoms with van der Waals surface area (Å²) in [7, 11) is 0. The molecule has 2 heterocycles. The Morgan fingerprint density at radius 1 is 1.38 bits per heavy atom. The van der Waals surface area contributed by atoms with Crippen molar-refractivity contribution in [2.24, 2.45) is 0 Å². The van der Waals surface area contributed by atoms with Gasteiger partial charge in [-0.3, -0.25) is 9.36 Å². The zero-order valence-corrected chi connectivity index (χ0v) is 9.31. The Labute approximate surface area is 93.7 Å². The van der Waals surface area contributed by atoms with E-state index < -0.39 is 0 Å². The zero-order valence-electron chi connectivity index (χ0n) is 9.31. The lowest BCUT2D eigenvalue weighted by Crippen LogP contribution is -2.29.